The van der Waals surface area contributed by atoms with Crippen LogP contribution in [0, 0.1) is 11.8 Å². The van der Waals surface area contributed by atoms with Gasteiger partial charge in [0.1, 0.15) is 5.92 Å². The first-order valence-electron chi connectivity index (χ1n) is 7.03. The third kappa shape index (κ3) is 9.01. The van der Waals surface area contributed by atoms with Gasteiger partial charge in [0.15, 0.2) is 5.84 Å². The lowest BCUT2D eigenvalue weighted by Crippen LogP contribution is -2.43. The van der Waals surface area contributed by atoms with Crippen molar-refractivity contribution in [3.05, 3.63) is 0 Å². The fraction of sp³-hybridized carbons (Fsp3) is 0.923. The average Bonchev–Trinajstić information content (AvgIpc) is 2.34. The van der Waals surface area contributed by atoms with Gasteiger partial charge in [-0.1, -0.05) is 44.7 Å². The number of unbranched alkanes of at least 4 members (excludes halogenated alkanes) is 3. The summed E-state index contributed by atoms with van der Waals surface area (Å²) in [4.78, 5) is 0. The van der Waals surface area contributed by atoms with Crippen LogP contribution < -0.4 is 11.1 Å². The van der Waals surface area contributed by atoms with Crippen molar-refractivity contribution < 1.29 is 18.4 Å². The molecule has 0 radical (unpaired) electrons. The lowest BCUT2D eigenvalue weighted by Gasteiger charge is -2.19. The van der Waals surface area contributed by atoms with Crippen LogP contribution in [0.15, 0.2) is 5.16 Å². The first-order valence-corrected chi connectivity index (χ1v) is 7.03. The minimum absolute atomic E-state index is 0.356. The van der Waals surface area contributed by atoms with E-state index < -0.39 is 17.9 Å². The maximum atomic E-state index is 12.6. The quantitative estimate of drug-likeness (QED) is 0.191. The summed E-state index contributed by atoms with van der Waals surface area (Å²) in [6.45, 7) is 4.50. The van der Waals surface area contributed by atoms with E-state index in [1.54, 1.807) is 0 Å². The molecule has 0 aliphatic heterocycles. The third-order valence-electron chi connectivity index (χ3n) is 3.10. The fourth-order valence-electron chi connectivity index (χ4n) is 1.86. The summed E-state index contributed by atoms with van der Waals surface area (Å²) in [5, 5.41) is 13.5. The Kier molecular flexibility index (Phi) is 9.37. The second kappa shape index (κ2) is 9.85. The maximum Gasteiger partial charge on any atom is 0.400 e. The Balaban J connectivity index is 3.76. The molecule has 0 saturated heterocycles. The molecule has 4 nitrogen and oxygen atoms in total. The van der Waals surface area contributed by atoms with Gasteiger partial charge in [0.2, 0.25) is 0 Å². The molecule has 0 bridgehead atoms. The van der Waals surface area contributed by atoms with Gasteiger partial charge in [-0.05, 0) is 18.9 Å². The number of amidine groups is 1. The first kappa shape index (κ1) is 19.0. The van der Waals surface area contributed by atoms with E-state index in [0.717, 1.165) is 25.7 Å². The molecule has 20 heavy (non-hydrogen) atoms. The summed E-state index contributed by atoms with van der Waals surface area (Å²) in [6, 6.07) is 0. The number of hydrogen-bond acceptors (Lipinski definition) is 3. The fourth-order valence-corrected chi connectivity index (χ4v) is 1.86. The van der Waals surface area contributed by atoms with E-state index >= 15 is 0 Å². The van der Waals surface area contributed by atoms with Crippen LogP contribution in [0.3, 0.4) is 0 Å². The van der Waals surface area contributed by atoms with Gasteiger partial charge >= 0.3 is 6.18 Å². The molecular weight excluding hydrogens is 271 g/mol. The largest absolute Gasteiger partial charge is 0.409 e. The van der Waals surface area contributed by atoms with Gasteiger partial charge in [0, 0.05) is 6.54 Å². The van der Waals surface area contributed by atoms with Crippen LogP contribution in [0.5, 0.6) is 0 Å². The number of alkyl halides is 3. The summed E-state index contributed by atoms with van der Waals surface area (Å²) in [5.74, 6) is -2.04. The van der Waals surface area contributed by atoms with E-state index in [0.29, 0.717) is 12.5 Å². The van der Waals surface area contributed by atoms with Crippen LogP contribution in [0.4, 0.5) is 13.2 Å². The zero-order chi connectivity index (χ0) is 15.6. The molecule has 0 amide bonds. The average molecular weight is 297 g/mol. The Labute approximate surface area is 118 Å². The molecule has 0 saturated carbocycles. The summed E-state index contributed by atoms with van der Waals surface area (Å²) < 4.78 is 37.8. The van der Waals surface area contributed by atoms with E-state index in [1.807, 2.05) is 0 Å². The van der Waals surface area contributed by atoms with E-state index in [2.05, 4.69) is 24.3 Å². The van der Waals surface area contributed by atoms with Gasteiger partial charge in [-0.2, -0.15) is 13.2 Å². The first-order chi connectivity index (χ1) is 9.29. The minimum atomic E-state index is -4.50. The highest BCUT2D eigenvalue weighted by atomic mass is 19.4. The monoisotopic (exact) mass is 297 g/mol. The van der Waals surface area contributed by atoms with E-state index in [1.165, 1.54) is 6.42 Å². The molecule has 4 N–H and O–H groups in total. The third-order valence-corrected chi connectivity index (χ3v) is 3.10. The molecule has 0 aliphatic rings. The second-order valence-corrected chi connectivity index (χ2v) is 5.42. The molecule has 7 heteroatoms. The number of halogens is 3. The molecule has 0 aromatic heterocycles. The zero-order valence-electron chi connectivity index (χ0n) is 12.2. The van der Waals surface area contributed by atoms with E-state index in [9.17, 15) is 13.2 Å². The van der Waals surface area contributed by atoms with Gasteiger partial charge in [-0.15, -0.1) is 0 Å². The number of nitrogens with two attached hydrogens (primary N) is 1. The zero-order valence-corrected chi connectivity index (χ0v) is 12.2. The standard InChI is InChI=1S/C13H26F3N3O/c1-10(2)7-5-3-4-6-8-18-9-11(12(17)19-20)13(14,15)16/h10-11,18,20H,3-9H2,1-2H3,(H2,17,19). The van der Waals surface area contributed by atoms with Gasteiger partial charge in [-0.3, -0.25) is 0 Å². The number of hydrogen-bond donors (Lipinski definition) is 3. The maximum absolute atomic E-state index is 12.6. The molecule has 120 valence electrons. The van der Waals surface area contributed by atoms with Crippen LogP contribution in [0.1, 0.15) is 46.0 Å². The minimum Gasteiger partial charge on any atom is -0.409 e. The molecule has 0 aromatic carbocycles. The SMILES string of the molecule is CC(C)CCCCCCNCC(C(N)=NO)C(F)(F)F. The van der Waals surface area contributed by atoms with Crippen molar-refractivity contribution in [1.29, 1.82) is 0 Å². The number of oxime groups is 1. The van der Waals surface area contributed by atoms with Crippen LogP contribution in [-0.4, -0.2) is 30.3 Å². The second-order valence-electron chi connectivity index (χ2n) is 5.42. The van der Waals surface area contributed by atoms with Crippen molar-refractivity contribution in [2.24, 2.45) is 22.7 Å². The number of rotatable bonds is 10. The van der Waals surface area contributed by atoms with Crippen molar-refractivity contribution in [1.82, 2.24) is 5.32 Å². The van der Waals surface area contributed by atoms with Gasteiger partial charge < -0.3 is 16.3 Å². The lowest BCUT2D eigenvalue weighted by molar-refractivity contribution is -0.154. The molecule has 0 rings (SSSR count). The molecule has 1 unspecified atom stereocenters. The lowest BCUT2D eigenvalue weighted by atomic mass is 10.0. The Bertz CT molecular complexity index is 281. The smallest absolute Gasteiger partial charge is 0.400 e. The van der Waals surface area contributed by atoms with E-state index in [-0.39, 0.29) is 6.54 Å². The van der Waals surface area contributed by atoms with Crippen molar-refractivity contribution in [3.8, 4) is 0 Å². The van der Waals surface area contributed by atoms with Crippen molar-refractivity contribution >= 4 is 5.84 Å². The molecule has 1 atom stereocenters. The summed E-state index contributed by atoms with van der Waals surface area (Å²) >= 11 is 0. The molecule has 0 heterocycles. The van der Waals surface area contributed by atoms with Crippen LogP contribution in [-0.2, 0) is 0 Å². The highest BCUT2D eigenvalue weighted by molar-refractivity contribution is 5.83. The molecule has 0 spiro atoms. The Morgan fingerprint density at radius 1 is 1.20 bits per heavy atom. The Morgan fingerprint density at radius 2 is 1.80 bits per heavy atom. The van der Waals surface area contributed by atoms with Crippen LogP contribution in [0.2, 0.25) is 0 Å². The van der Waals surface area contributed by atoms with Crippen LogP contribution >= 0.6 is 0 Å². The van der Waals surface area contributed by atoms with Crippen molar-refractivity contribution in [2.75, 3.05) is 13.1 Å². The molecule has 0 aliphatic carbocycles. The number of nitrogens with one attached hydrogen (secondary N) is 1. The van der Waals surface area contributed by atoms with Crippen molar-refractivity contribution in [2.45, 2.75) is 52.1 Å². The number of nitrogens with zero attached hydrogens (tertiary/aromatic N) is 1. The van der Waals surface area contributed by atoms with E-state index in [4.69, 9.17) is 10.9 Å². The van der Waals surface area contributed by atoms with Crippen molar-refractivity contribution in [3.63, 3.8) is 0 Å². The van der Waals surface area contributed by atoms with Gasteiger partial charge in [0.25, 0.3) is 0 Å². The topological polar surface area (TPSA) is 70.6 Å². The molecular formula is C13H26F3N3O. The van der Waals surface area contributed by atoms with Gasteiger partial charge in [-0.25, -0.2) is 0 Å². The molecule has 0 aromatic rings. The normalized spacial score (nSPS) is 14.8. The van der Waals surface area contributed by atoms with Crippen LogP contribution in [0.25, 0.3) is 0 Å². The Morgan fingerprint density at radius 3 is 2.30 bits per heavy atom. The Hall–Kier alpha value is -0.980. The summed E-state index contributed by atoms with van der Waals surface area (Å²) in [7, 11) is 0. The highest BCUT2D eigenvalue weighted by Crippen LogP contribution is 2.25. The summed E-state index contributed by atoms with van der Waals surface area (Å²) in [5.41, 5.74) is 5.05. The predicted octanol–water partition coefficient (Wildman–Crippen LogP) is 3.11. The van der Waals surface area contributed by atoms with Gasteiger partial charge in [0.05, 0.1) is 0 Å². The highest BCUT2D eigenvalue weighted by Gasteiger charge is 2.42. The summed E-state index contributed by atoms with van der Waals surface area (Å²) in [6.07, 6.45) is 0.780. The molecule has 0 fully saturated rings. The predicted molar refractivity (Wildman–Crippen MR) is 73.7 cm³/mol.